The number of nitrogens with one attached hydrogen (secondary N) is 4. The van der Waals surface area contributed by atoms with Crippen LogP contribution in [0.25, 0.3) is 10.9 Å². The second-order valence-electron chi connectivity index (χ2n) is 17.2. The van der Waals surface area contributed by atoms with E-state index in [1.807, 2.05) is 30.3 Å². The topological polar surface area (TPSA) is 203 Å². The van der Waals surface area contributed by atoms with E-state index in [0.29, 0.717) is 47.2 Å². The molecule has 6 aromatic rings. The summed E-state index contributed by atoms with van der Waals surface area (Å²) in [5, 5.41) is 42.8. The molecule has 7 N–H and O–H groups in total. The molecule has 2 heterocycles. The van der Waals surface area contributed by atoms with Crippen LogP contribution in [0.4, 0.5) is 0 Å². The molecule has 5 aromatic carbocycles. The quantitative estimate of drug-likeness (QED) is 0.0559. The summed E-state index contributed by atoms with van der Waals surface area (Å²) < 4.78 is 11.7. The number of carbonyl (C=O) groups excluding carboxylic acids is 3. The maximum absolute atomic E-state index is 13.8. The Labute approximate surface area is 382 Å². The molecule has 1 aliphatic heterocycles. The van der Waals surface area contributed by atoms with Gasteiger partial charge < -0.3 is 45.7 Å². The van der Waals surface area contributed by atoms with E-state index in [0.717, 1.165) is 38.0 Å². The number of aliphatic hydroxyl groups is 2. The zero-order valence-electron chi connectivity index (χ0n) is 36.5. The first-order valence-corrected chi connectivity index (χ1v) is 22.4. The van der Waals surface area contributed by atoms with Crippen molar-refractivity contribution in [2.75, 3.05) is 32.8 Å². The Kier molecular flexibility index (Phi) is 14.5. The number of benzene rings is 5. The SMILES string of the molecule is O=C(COc1cccc(C(O)(C(=O)OCC2CCN(Cc3ccccc3)CC2)c2ccccc2)c1)NC1CC(NC(=O)c2ccc(CNC[C@H](O)c3ccc(O)c4[nH]c(=O)ccc34)cc2)C1. The largest absolute Gasteiger partial charge is 0.506 e. The second kappa shape index (κ2) is 21.0. The van der Waals surface area contributed by atoms with Crippen molar-refractivity contribution in [2.45, 2.75) is 62.6 Å². The normalized spacial score (nSPS) is 17.8. The number of nitrogens with zero attached hydrogens (tertiary/aromatic N) is 1. The van der Waals surface area contributed by atoms with Crippen LogP contribution in [0.1, 0.15) is 70.0 Å². The van der Waals surface area contributed by atoms with Gasteiger partial charge >= 0.3 is 5.97 Å². The number of phenols is 1. The van der Waals surface area contributed by atoms with Crippen molar-refractivity contribution in [3.63, 3.8) is 0 Å². The number of piperidine rings is 1. The molecular weight excluding hydrogens is 839 g/mol. The molecule has 0 bridgehead atoms. The third kappa shape index (κ3) is 11.1. The minimum Gasteiger partial charge on any atom is -0.506 e. The van der Waals surface area contributed by atoms with Gasteiger partial charge in [-0.05, 0) is 103 Å². The smallest absolute Gasteiger partial charge is 0.347 e. The van der Waals surface area contributed by atoms with Crippen molar-refractivity contribution in [3.8, 4) is 11.5 Å². The summed E-state index contributed by atoms with van der Waals surface area (Å²) in [5.74, 6) is -0.933. The molecule has 2 aliphatic rings. The highest BCUT2D eigenvalue weighted by molar-refractivity contribution is 5.94. The lowest BCUT2D eigenvalue weighted by atomic mass is 9.86. The van der Waals surface area contributed by atoms with E-state index in [2.05, 4.69) is 38.0 Å². The molecule has 1 aliphatic carbocycles. The molecule has 1 saturated heterocycles. The summed E-state index contributed by atoms with van der Waals surface area (Å²) in [6, 6.07) is 38.4. The Morgan fingerprint density at radius 3 is 2.23 bits per heavy atom. The van der Waals surface area contributed by atoms with E-state index < -0.39 is 17.7 Å². The van der Waals surface area contributed by atoms with Gasteiger partial charge in [0.1, 0.15) is 11.5 Å². The van der Waals surface area contributed by atoms with Gasteiger partial charge in [0.05, 0.1) is 18.2 Å². The number of pyridine rings is 1. The number of phenolic OH excluding ortho intramolecular Hbond substituents is 1. The van der Waals surface area contributed by atoms with Crippen LogP contribution in [0.5, 0.6) is 11.5 Å². The molecule has 1 saturated carbocycles. The highest BCUT2D eigenvalue weighted by Gasteiger charge is 2.42. The predicted octanol–water partition coefficient (Wildman–Crippen LogP) is 5.20. The lowest BCUT2D eigenvalue weighted by Gasteiger charge is -2.36. The number of rotatable bonds is 18. The molecule has 14 heteroatoms. The number of aliphatic hydroxyl groups excluding tert-OH is 1. The van der Waals surface area contributed by atoms with Crippen LogP contribution in [-0.4, -0.2) is 87.9 Å². The molecule has 342 valence electrons. The lowest BCUT2D eigenvalue weighted by Crippen LogP contribution is -2.54. The number of aromatic nitrogens is 1. The molecule has 0 radical (unpaired) electrons. The van der Waals surface area contributed by atoms with Crippen molar-refractivity contribution in [1.82, 2.24) is 25.8 Å². The first-order valence-electron chi connectivity index (χ1n) is 22.4. The fourth-order valence-corrected chi connectivity index (χ4v) is 8.67. The van der Waals surface area contributed by atoms with Gasteiger partial charge in [-0.3, -0.25) is 19.3 Å². The second-order valence-corrected chi connectivity index (χ2v) is 17.2. The molecule has 0 spiro atoms. The number of hydrogen-bond donors (Lipinski definition) is 7. The first kappa shape index (κ1) is 45.7. The Bertz CT molecular complexity index is 2670. The van der Waals surface area contributed by atoms with E-state index in [-0.39, 0.29) is 72.0 Å². The van der Waals surface area contributed by atoms with E-state index in [1.54, 1.807) is 78.9 Å². The number of esters is 1. The predicted molar refractivity (Wildman–Crippen MR) is 249 cm³/mol. The number of ether oxygens (including phenoxy) is 2. The number of carbonyl (C=O) groups is 3. The fourth-order valence-electron chi connectivity index (χ4n) is 8.67. The highest BCUT2D eigenvalue weighted by atomic mass is 16.5. The third-order valence-corrected chi connectivity index (χ3v) is 12.5. The molecule has 66 heavy (non-hydrogen) atoms. The Hall–Kier alpha value is -6.84. The monoisotopic (exact) mass is 893 g/mol. The Morgan fingerprint density at radius 1 is 0.788 bits per heavy atom. The van der Waals surface area contributed by atoms with Crippen molar-refractivity contribution < 1.29 is 39.2 Å². The van der Waals surface area contributed by atoms with Crippen LogP contribution in [0.15, 0.2) is 138 Å². The average Bonchev–Trinajstić information content (AvgIpc) is 3.33. The minimum absolute atomic E-state index is 0.0735. The van der Waals surface area contributed by atoms with Gasteiger partial charge in [0, 0.05) is 54.3 Å². The van der Waals surface area contributed by atoms with Crippen LogP contribution in [0, 0.1) is 5.92 Å². The molecular formula is C52H55N5O9. The van der Waals surface area contributed by atoms with Gasteiger partial charge in [0.25, 0.3) is 11.8 Å². The molecule has 1 unspecified atom stereocenters. The van der Waals surface area contributed by atoms with Crippen LogP contribution >= 0.6 is 0 Å². The zero-order chi connectivity index (χ0) is 46.0. The number of H-pyrrole nitrogens is 1. The Morgan fingerprint density at radius 2 is 1.48 bits per heavy atom. The van der Waals surface area contributed by atoms with Gasteiger partial charge in [-0.1, -0.05) is 91.0 Å². The van der Waals surface area contributed by atoms with Crippen molar-refractivity contribution in [1.29, 1.82) is 0 Å². The van der Waals surface area contributed by atoms with Gasteiger partial charge in [-0.15, -0.1) is 0 Å². The molecule has 14 nitrogen and oxygen atoms in total. The van der Waals surface area contributed by atoms with Crippen molar-refractivity contribution in [3.05, 3.63) is 177 Å². The van der Waals surface area contributed by atoms with Gasteiger partial charge in [-0.25, -0.2) is 4.79 Å². The molecule has 2 atom stereocenters. The summed E-state index contributed by atoms with van der Waals surface area (Å²) in [5.41, 5.74) is 1.67. The van der Waals surface area contributed by atoms with Gasteiger partial charge in [-0.2, -0.15) is 0 Å². The zero-order valence-corrected chi connectivity index (χ0v) is 36.5. The minimum atomic E-state index is -2.11. The summed E-state index contributed by atoms with van der Waals surface area (Å²) in [6.07, 6.45) is 1.98. The average molecular weight is 894 g/mol. The number of hydrogen-bond acceptors (Lipinski definition) is 11. The van der Waals surface area contributed by atoms with Crippen LogP contribution < -0.4 is 26.2 Å². The third-order valence-electron chi connectivity index (χ3n) is 12.5. The summed E-state index contributed by atoms with van der Waals surface area (Å²) >= 11 is 0. The summed E-state index contributed by atoms with van der Waals surface area (Å²) in [7, 11) is 0. The van der Waals surface area contributed by atoms with E-state index in [1.165, 1.54) is 17.7 Å². The first-order chi connectivity index (χ1) is 32.0. The van der Waals surface area contributed by atoms with Crippen LogP contribution in [0.3, 0.4) is 0 Å². The van der Waals surface area contributed by atoms with E-state index in [9.17, 15) is 34.5 Å². The van der Waals surface area contributed by atoms with Crippen LogP contribution in [-0.2, 0) is 33.0 Å². The standard InChI is InChI=1S/C52H55N5O9/c58-45-20-18-43(44-19-21-47(60)56-49(44)45)46(59)30-53-29-34-14-16-37(17-15-34)50(62)55-41-27-40(28-41)54-48(61)33-65-42-13-7-12-39(26-42)52(64,38-10-5-2-6-11-38)51(63)66-32-36-22-24-57(25-23-36)31-35-8-3-1-4-9-35/h1-21,26,36,40-41,46,53,58-59,64H,22-25,27-33H2,(H,54,61)(H,55,62)(H,56,60)/t40?,41?,46-,52?/m0/s1. The highest BCUT2D eigenvalue weighted by Crippen LogP contribution is 2.34. The van der Waals surface area contributed by atoms with Crippen molar-refractivity contribution >= 4 is 28.7 Å². The molecule has 2 fully saturated rings. The fraction of sp³-hybridized carbons (Fsp3) is 0.308. The van der Waals surface area contributed by atoms with E-state index in [4.69, 9.17) is 9.47 Å². The summed E-state index contributed by atoms with van der Waals surface area (Å²) in [6.45, 7) is 3.24. The number of fused-ring (bicyclic) bond motifs is 1. The molecule has 2 amide bonds. The molecule has 1 aromatic heterocycles. The number of amides is 2. The number of aromatic hydroxyl groups is 1. The number of aromatic amines is 1. The van der Waals surface area contributed by atoms with Gasteiger partial charge in [0.15, 0.2) is 6.61 Å². The van der Waals surface area contributed by atoms with Crippen molar-refractivity contribution in [2.24, 2.45) is 5.92 Å². The lowest BCUT2D eigenvalue weighted by molar-refractivity contribution is -0.164. The molecule has 8 rings (SSSR count). The van der Waals surface area contributed by atoms with Gasteiger partial charge in [0.2, 0.25) is 11.2 Å². The maximum Gasteiger partial charge on any atom is 0.347 e. The Balaban J connectivity index is 0.763. The summed E-state index contributed by atoms with van der Waals surface area (Å²) in [4.78, 5) is 56.5. The van der Waals surface area contributed by atoms with Crippen LogP contribution in [0.2, 0.25) is 0 Å². The number of likely N-dealkylation sites (tertiary alicyclic amines) is 1. The maximum atomic E-state index is 13.8. The van der Waals surface area contributed by atoms with E-state index >= 15 is 0 Å².